The molecule has 2 saturated heterocycles. The number of hydrogen-bond acceptors (Lipinski definition) is 9. The lowest BCUT2D eigenvalue weighted by Crippen LogP contribution is -2.43. The van der Waals surface area contributed by atoms with Gasteiger partial charge >= 0.3 is 0 Å². The number of anilines is 1. The molecule has 2 aliphatic heterocycles. The lowest BCUT2D eigenvalue weighted by molar-refractivity contribution is -0.191. The molecule has 1 aromatic carbocycles. The van der Waals surface area contributed by atoms with Crippen LogP contribution in [0.5, 0.6) is 0 Å². The van der Waals surface area contributed by atoms with E-state index in [-0.39, 0.29) is 24.2 Å². The average Bonchev–Trinajstić information content (AvgIpc) is 2.89. The van der Waals surface area contributed by atoms with Gasteiger partial charge in [0.05, 0.1) is 50.7 Å². The van der Waals surface area contributed by atoms with Gasteiger partial charge in [0.25, 0.3) is 5.56 Å². The van der Waals surface area contributed by atoms with Crippen LogP contribution in [0.1, 0.15) is 5.69 Å². The SMILES string of the molecule is Cc1cccc(-c2ccc(-c3cc4cnc(NC5COC5)nc4n(CC4OCC(N)CO4)c3=O)c(Cl)c2)n1. The van der Waals surface area contributed by atoms with Crippen LogP contribution < -0.4 is 16.6 Å². The summed E-state index contributed by atoms with van der Waals surface area (Å²) in [4.78, 5) is 27.6. The molecule has 3 aromatic heterocycles. The van der Waals surface area contributed by atoms with Crippen molar-refractivity contribution in [2.24, 2.45) is 5.73 Å². The van der Waals surface area contributed by atoms with Gasteiger partial charge in [-0.1, -0.05) is 29.8 Å². The second-order valence-electron chi connectivity index (χ2n) is 9.54. The van der Waals surface area contributed by atoms with E-state index in [1.807, 2.05) is 43.3 Å². The zero-order valence-electron chi connectivity index (χ0n) is 20.8. The summed E-state index contributed by atoms with van der Waals surface area (Å²) < 4.78 is 18.3. The monoisotopic (exact) mass is 534 g/mol. The van der Waals surface area contributed by atoms with Crippen molar-refractivity contribution in [2.75, 3.05) is 31.7 Å². The molecular formula is C27H27ClN6O4. The van der Waals surface area contributed by atoms with Crippen molar-refractivity contribution in [3.63, 3.8) is 0 Å². The van der Waals surface area contributed by atoms with E-state index in [9.17, 15) is 4.79 Å². The molecule has 38 heavy (non-hydrogen) atoms. The Hall–Kier alpha value is -3.41. The third kappa shape index (κ3) is 5.01. The highest BCUT2D eigenvalue weighted by molar-refractivity contribution is 6.33. The largest absolute Gasteiger partial charge is 0.377 e. The number of nitrogens with one attached hydrogen (secondary N) is 1. The van der Waals surface area contributed by atoms with Crippen molar-refractivity contribution < 1.29 is 14.2 Å². The van der Waals surface area contributed by atoms with Crippen LogP contribution in [0.25, 0.3) is 33.4 Å². The van der Waals surface area contributed by atoms with E-state index in [1.54, 1.807) is 16.8 Å². The molecule has 4 aromatic rings. The number of hydrogen-bond donors (Lipinski definition) is 2. The number of pyridine rings is 2. The Kier molecular flexibility index (Phi) is 6.81. The quantitative estimate of drug-likeness (QED) is 0.384. The minimum atomic E-state index is -0.636. The molecule has 0 bridgehead atoms. The summed E-state index contributed by atoms with van der Waals surface area (Å²) in [5, 5.41) is 4.36. The Morgan fingerprint density at radius 3 is 2.61 bits per heavy atom. The maximum absolute atomic E-state index is 13.9. The third-order valence-electron chi connectivity index (χ3n) is 6.57. The predicted octanol–water partition coefficient (Wildman–Crippen LogP) is 2.99. The standard InChI is InChI=1S/C27H27ClN6O4/c1-15-3-2-4-23(31-15)16-5-6-20(22(28)8-16)21-7-17-9-30-27(32-19-13-36-14-19)33-25(17)34(26(21)35)10-24-37-11-18(29)12-38-24/h2-9,18-19,24H,10-14,29H2,1H3,(H,30,32,33). The fourth-order valence-corrected chi connectivity index (χ4v) is 4.78. The van der Waals surface area contributed by atoms with E-state index in [2.05, 4.69) is 20.3 Å². The lowest BCUT2D eigenvalue weighted by Gasteiger charge is -2.28. The van der Waals surface area contributed by atoms with Crippen LogP contribution in [0, 0.1) is 6.92 Å². The van der Waals surface area contributed by atoms with Crippen molar-refractivity contribution in [2.45, 2.75) is 31.8 Å². The zero-order chi connectivity index (χ0) is 26.2. The Morgan fingerprint density at radius 1 is 1.08 bits per heavy atom. The molecule has 0 saturated carbocycles. The zero-order valence-corrected chi connectivity index (χ0v) is 21.5. The molecule has 11 heteroatoms. The second kappa shape index (κ2) is 10.4. The third-order valence-corrected chi connectivity index (χ3v) is 6.88. The topological polar surface area (TPSA) is 126 Å². The van der Waals surface area contributed by atoms with Crippen LogP contribution in [0.4, 0.5) is 5.95 Å². The molecule has 0 atom stereocenters. The van der Waals surface area contributed by atoms with Gasteiger partial charge in [0.2, 0.25) is 5.95 Å². The Morgan fingerprint density at radius 2 is 1.89 bits per heavy atom. The van der Waals surface area contributed by atoms with Crippen molar-refractivity contribution in [3.05, 3.63) is 69.7 Å². The summed E-state index contributed by atoms with van der Waals surface area (Å²) in [6, 6.07) is 13.1. The lowest BCUT2D eigenvalue weighted by atomic mass is 10.0. The van der Waals surface area contributed by atoms with Gasteiger partial charge < -0.3 is 25.3 Å². The van der Waals surface area contributed by atoms with Crippen LogP contribution in [0.2, 0.25) is 5.02 Å². The molecule has 0 amide bonds. The highest BCUT2D eigenvalue weighted by Gasteiger charge is 2.24. The number of aryl methyl sites for hydroxylation is 1. The van der Waals surface area contributed by atoms with E-state index in [1.165, 1.54) is 0 Å². The molecule has 10 nitrogen and oxygen atoms in total. The van der Waals surface area contributed by atoms with Crippen molar-refractivity contribution in [1.29, 1.82) is 0 Å². The van der Waals surface area contributed by atoms with Crippen LogP contribution >= 0.6 is 11.6 Å². The first kappa shape index (κ1) is 24.9. The van der Waals surface area contributed by atoms with Gasteiger partial charge in [-0.2, -0.15) is 4.98 Å². The molecule has 0 radical (unpaired) electrons. The van der Waals surface area contributed by atoms with E-state index in [4.69, 9.17) is 31.5 Å². The molecule has 0 aliphatic carbocycles. The molecule has 0 spiro atoms. The second-order valence-corrected chi connectivity index (χ2v) is 9.95. The minimum absolute atomic E-state index is 0.138. The van der Waals surface area contributed by atoms with E-state index < -0.39 is 6.29 Å². The van der Waals surface area contributed by atoms with Crippen molar-refractivity contribution >= 4 is 28.6 Å². The maximum atomic E-state index is 13.9. The van der Waals surface area contributed by atoms with Gasteiger partial charge in [-0.05, 0) is 31.2 Å². The number of halogens is 1. The Balaban J connectivity index is 1.43. The summed E-state index contributed by atoms with van der Waals surface area (Å²) >= 11 is 6.75. The average molecular weight is 535 g/mol. The molecule has 0 unspecified atom stereocenters. The number of aromatic nitrogens is 4. The molecule has 5 heterocycles. The van der Waals surface area contributed by atoms with Crippen LogP contribution in [0.15, 0.2) is 53.5 Å². The highest BCUT2D eigenvalue weighted by Crippen LogP contribution is 2.32. The van der Waals surface area contributed by atoms with Crippen LogP contribution in [0.3, 0.4) is 0 Å². The summed E-state index contributed by atoms with van der Waals surface area (Å²) in [6.07, 6.45) is 1.06. The predicted molar refractivity (Wildman–Crippen MR) is 144 cm³/mol. The van der Waals surface area contributed by atoms with Gasteiger partial charge in [0, 0.05) is 39.0 Å². The summed E-state index contributed by atoms with van der Waals surface area (Å²) in [6.45, 7) is 3.95. The van der Waals surface area contributed by atoms with E-state index in [0.717, 1.165) is 17.0 Å². The Labute approximate surface area is 223 Å². The van der Waals surface area contributed by atoms with Gasteiger partial charge in [-0.25, -0.2) is 4.98 Å². The summed E-state index contributed by atoms with van der Waals surface area (Å²) in [5.41, 5.74) is 9.71. The highest BCUT2D eigenvalue weighted by atomic mass is 35.5. The number of ether oxygens (including phenoxy) is 3. The molecule has 196 valence electrons. The summed E-state index contributed by atoms with van der Waals surface area (Å²) in [7, 11) is 0. The smallest absolute Gasteiger partial charge is 0.260 e. The minimum Gasteiger partial charge on any atom is -0.377 e. The van der Waals surface area contributed by atoms with E-state index >= 15 is 0 Å². The Bertz CT molecular complexity index is 1550. The number of rotatable bonds is 6. The van der Waals surface area contributed by atoms with Crippen molar-refractivity contribution in [1.82, 2.24) is 19.5 Å². The fourth-order valence-electron chi connectivity index (χ4n) is 4.50. The first-order chi connectivity index (χ1) is 18.4. The van der Waals surface area contributed by atoms with Gasteiger partial charge in [0.1, 0.15) is 5.65 Å². The number of nitrogens with two attached hydrogens (primary N) is 1. The first-order valence-corrected chi connectivity index (χ1v) is 12.8. The van der Waals surface area contributed by atoms with E-state index in [0.29, 0.717) is 59.6 Å². The number of nitrogens with zero attached hydrogens (tertiary/aromatic N) is 4. The van der Waals surface area contributed by atoms with Crippen LogP contribution in [-0.2, 0) is 20.8 Å². The first-order valence-electron chi connectivity index (χ1n) is 12.4. The molecular weight excluding hydrogens is 508 g/mol. The van der Waals surface area contributed by atoms with Gasteiger partial charge in [0.15, 0.2) is 6.29 Å². The molecule has 6 rings (SSSR count). The normalized spacial score (nSPS) is 19.9. The molecule has 3 N–H and O–H groups in total. The molecule has 2 aliphatic rings. The van der Waals surface area contributed by atoms with Gasteiger partial charge in [-0.3, -0.25) is 14.3 Å². The summed E-state index contributed by atoms with van der Waals surface area (Å²) in [5.74, 6) is 0.423. The number of fused-ring (bicyclic) bond motifs is 1. The van der Waals surface area contributed by atoms with Gasteiger partial charge in [-0.15, -0.1) is 0 Å². The molecule has 2 fully saturated rings. The van der Waals surface area contributed by atoms with Crippen molar-refractivity contribution in [3.8, 4) is 22.4 Å². The fraction of sp³-hybridized carbons (Fsp3) is 0.333. The number of benzene rings is 1. The van der Waals surface area contributed by atoms with Crippen LogP contribution in [-0.4, -0.2) is 64.3 Å². The maximum Gasteiger partial charge on any atom is 0.260 e.